The molecule has 1 aliphatic carbocycles. The molecular formula is C16H22OS. The first-order chi connectivity index (χ1) is 8.50. The van der Waals surface area contributed by atoms with Gasteiger partial charge in [0.25, 0.3) is 0 Å². The minimum absolute atomic E-state index is 0.215. The van der Waals surface area contributed by atoms with Crippen molar-refractivity contribution in [3.05, 3.63) is 41.5 Å². The fraction of sp³-hybridized carbons (Fsp3) is 0.500. The van der Waals surface area contributed by atoms with Gasteiger partial charge in [-0.05, 0) is 43.7 Å². The number of hydrogen-bond donors (Lipinski definition) is 0. The summed E-state index contributed by atoms with van der Waals surface area (Å²) in [6.45, 7) is 6.78. The summed E-state index contributed by atoms with van der Waals surface area (Å²) in [5.74, 6) is 0.697. The normalized spacial score (nSPS) is 20.8. The molecule has 0 radical (unpaired) electrons. The molecule has 1 aromatic carbocycles. The van der Waals surface area contributed by atoms with Crippen LogP contribution in [0.4, 0.5) is 0 Å². The molecule has 1 aromatic rings. The van der Waals surface area contributed by atoms with Gasteiger partial charge >= 0.3 is 0 Å². The van der Waals surface area contributed by atoms with E-state index in [0.29, 0.717) is 5.75 Å². The third-order valence-electron chi connectivity index (χ3n) is 3.97. The summed E-state index contributed by atoms with van der Waals surface area (Å²) in [6, 6.07) is 9.81. The van der Waals surface area contributed by atoms with Gasteiger partial charge in [-0.2, -0.15) is 0 Å². The molecular weight excluding hydrogens is 240 g/mol. The molecule has 0 N–H and O–H groups in total. The molecule has 0 heterocycles. The van der Waals surface area contributed by atoms with Crippen LogP contribution in [0.5, 0.6) is 0 Å². The largest absolute Gasteiger partial charge is 0.254 e. The van der Waals surface area contributed by atoms with E-state index in [1.165, 1.54) is 30.4 Å². The van der Waals surface area contributed by atoms with Crippen LogP contribution in [0.1, 0.15) is 40.0 Å². The highest BCUT2D eigenvalue weighted by atomic mass is 32.2. The number of hydrogen-bond acceptors (Lipinski definition) is 1. The van der Waals surface area contributed by atoms with E-state index < -0.39 is 10.8 Å². The molecule has 1 nitrogen and oxygen atoms in total. The van der Waals surface area contributed by atoms with Crippen molar-refractivity contribution in [1.82, 2.24) is 0 Å². The molecule has 98 valence electrons. The van der Waals surface area contributed by atoms with Gasteiger partial charge < -0.3 is 0 Å². The van der Waals surface area contributed by atoms with Gasteiger partial charge in [-0.3, -0.25) is 4.21 Å². The Hall–Kier alpha value is -0.890. The van der Waals surface area contributed by atoms with Crippen LogP contribution in [0.2, 0.25) is 0 Å². The van der Waals surface area contributed by atoms with E-state index in [-0.39, 0.29) is 5.41 Å². The Labute approximate surface area is 113 Å². The van der Waals surface area contributed by atoms with Crippen molar-refractivity contribution in [2.45, 2.75) is 44.9 Å². The number of rotatable bonds is 3. The fourth-order valence-electron chi connectivity index (χ4n) is 2.78. The molecule has 1 atom stereocenters. The van der Waals surface area contributed by atoms with Gasteiger partial charge in [0.15, 0.2) is 0 Å². The zero-order chi connectivity index (χ0) is 13.2. The Bertz CT molecular complexity index is 471. The molecule has 0 spiro atoms. The smallest absolute Gasteiger partial charge is 0.0571 e. The SMILES string of the molecule is CC1=C(CS(=O)c2ccccc2)C(C)(C)CCC1. The summed E-state index contributed by atoms with van der Waals surface area (Å²) in [6.07, 6.45) is 3.65. The van der Waals surface area contributed by atoms with Crippen LogP contribution in [0.15, 0.2) is 46.4 Å². The monoisotopic (exact) mass is 262 g/mol. The topological polar surface area (TPSA) is 17.1 Å². The molecule has 2 rings (SSSR count). The molecule has 0 aromatic heterocycles. The van der Waals surface area contributed by atoms with E-state index in [9.17, 15) is 4.21 Å². The van der Waals surface area contributed by atoms with Crippen LogP contribution in [0.3, 0.4) is 0 Å². The Balaban J connectivity index is 2.21. The van der Waals surface area contributed by atoms with E-state index in [1.54, 1.807) is 0 Å². The first-order valence-electron chi connectivity index (χ1n) is 6.63. The van der Waals surface area contributed by atoms with Crippen LogP contribution < -0.4 is 0 Å². The molecule has 0 saturated heterocycles. The predicted molar refractivity (Wildman–Crippen MR) is 78.0 cm³/mol. The van der Waals surface area contributed by atoms with Gasteiger partial charge in [-0.1, -0.05) is 43.2 Å². The second-order valence-electron chi connectivity index (χ2n) is 5.80. The summed E-state index contributed by atoms with van der Waals surface area (Å²) in [5, 5.41) is 0. The molecule has 1 aliphatic rings. The standard InChI is InChI=1S/C16H22OS/c1-13-8-7-11-16(2,3)15(13)12-18(17)14-9-5-4-6-10-14/h4-6,9-10H,7-8,11-12H2,1-3H3. The van der Waals surface area contributed by atoms with E-state index >= 15 is 0 Å². The molecule has 0 amide bonds. The van der Waals surface area contributed by atoms with Gasteiger partial charge in [-0.15, -0.1) is 0 Å². The summed E-state index contributed by atoms with van der Waals surface area (Å²) in [7, 11) is -0.906. The van der Waals surface area contributed by atoms with Crippen LogP contribution in [0, 0.1) is 5.41 Å². The average Bonchev–Trinajstić information content (AvgIpc) is 2.34. The van der Waals surface area contributed by atoms with Crippen LogP contribution in [-0.2, 0) is 10.8 Å². The zero-order valence-electron chi connectivity index (χ0n) is 11.5. The second kappa shape index (κ2) is 5.40. The maximum absolute atomic E-state index is 12.4. The maximum atomic E-state index is 12.4. The lowest BCUT2D eigenvalue weighted by Gasteiger charge is -2.34. The Kier molecular flexibility index (Phi) is 4.06. The van der Waals surface area contributed by atoms with Gasteiger partial charge in [-0.25, -0.2) is 0 Å². The van der Waals surface area contributed by atoms with Crippen molar-refractivity contribution in [2.75, 3.05) is 5.75 Å². The van der Waals surface area contributed by atoms with Crippen LogP contribution in [-0.4, -0.2) is 9.96 Å². The van der Waals surface area contributed by atoms with Crippen LogP contribution in [0.25, 0.3) is 0 Å². The van der Waals surface area contributed by atoms with Crippen molar-refractivity contribution in [2.24, 2.45) is 5.41 Å². The summed E-state index contributed by atoms with van der Waals surface area (Å²) < 4.78 is 12.4. The third kappa shape index (κ3) is 2.92. The molecule has 1 unspecified atom stereocenters. The lowest BCUT2D eigenvalue weighted by molar-refractivity contribution is 0.368. The molecule has 0 saturated carbocycles. The molecule has 0 bridgehead atoms. The van der Waals surface area contributed by atoms with Crippen molar-refractivity contribution >= 4 is 10.8 Å². The van der Waals surface area contributed by atoms with Gasteiger partial charge in [0.05, 0.1) is 10.8 Å². The van der Waals surface area contributed by atoms with Gasteiger partial charge in [0.2, 0.25) is 0 Å². The summed E-state index contributed by atoms with van der Waals surface area (Å²) >= 11 is 0. The fourth-order valence-corrected chi connectivity index (χ4v) is 4.31. The van der Waals surface area contributed by atoms with E-state index in [0.717, 1.165) is 4.90 Å². The first kappa shape index (κ1) is 13.5. The summed E-state index contributed by atoms with van der Waals surface area (Å²) in [5.41, 5.74) is 3.08. The molecule has 0 aliphatic heterocycles. The number of benzene rings is 1. The third-order valence-corrected chi connectivity index (χ3v) is 5.32. The maximum Gasteiger partial charge on any atom is 0.0571 e. The highest BCUT2D eigenvalue weighted by molar-refractivity contribution is 7.85. The van der Waals surface area contributed by atoms with Crippen molar-refractivity contribution in [3.8, 4) is 0 Å². The predicted octanol–water partition coefficient (Wildman–Crippen LogP) is 4.32. The van der Waals surface area contributed by atoms with E-state index in [2.05, 4.69) is 20.8 Å². The Morgan fingerprint density at radius 1 is 1.22 bits per heavy atom. The first-order valence-corrected chi connectivity index (χ1v) is 7.95. The van der Waals surface area contributed by atoms with Crippen LogP contribution >= 0.6 is 0 Å². The minimum atomic E-state index is -0.906. The van der Waals surface area contributed by atoms with Crippen molar-refractivity contribution in [1.29, 1.82) is 0 Å². The Morgan fingerprint density at radius 2 is 1.89 bits per heavy atom. The summed E-state index contributed by atoms with van der Waals surface area (Å²) in [4.78, 5) is 0.944. The van der Waals surface area contributed by atoms with E-state index in [1.807, 2.05) is 30.3 Å². The van der Waals surface area contributed by atoms with Gasteiger partial charge in [0, 0.05) is 10.6 Å². The Morgan fingerprint density at radius 3 is 2.50 bits per heavy atom. The minimum Gasteiger partial charge on any atom is -0.254 e. The lowest BCUT2D eigenvalue weighted by Crippen LogP contribution is -2.24. The highest BCUT2D eigenvalue weighted by Gasteiger charge is 2.29. The van der Waals surface area contributed by atoms with E-state index in [4.69, 9.17) is 0 Å². The molecule has 2 heteroatoms. The van der Waals surface area contributed by atoms with Gasteiger partial charge in [0.1, 0.15) is 0 Å². The van der Waals surface area contributed by atoms with Crippen molar-refractivity contribution in [3.63, 3.8) is 0 Å². The average molecular weight is 262 g/mol. The highest BCUT2D eigenvalue weighted by Crippen LogP contribution is 2.40. The quantitative estimate of drug-likeness (QED) is 0.741. The molecule has 0 fully saturated rings. The lowest BCUT2D eigenvalue weighted by atomic mass is 9.73. The zero-order valence-corrected chi connectivity index (χ0v) is 12.3. The second-order valence-corrected chi connectivity index (χ2v) is 7.25. The van der Waals surface area contributed by atoms with Crippen molar-refractivity contribution < 1.29 is 4.21 Å². The number of allylic oxidation sites excluding steroid dienone is 1. The molecule has 18 heavy (non-hydrogen) atoms.